The molecule has 1 aromatic heterocycles. The molecule has 0 N–H and O–H groups in total. The third-order valence-corrected chi connectivity index (χ3v) is 6.33. The van der Waals surface area contributed by atoms with Crippen molar-refractivity contribution in [3.63, 3.8) is 0 Å². The number of amides is 2. The predicted molar refractivity (Wildman–Crippen MR) is 145 cm³/mol. The Balaban J connectivity index is 1.49. The summed E-state index contributed by atoms with van der Waals surface area (Å²) >= 11 is 0. The molecule has 1 aliphatic rings. The summed E-state index contributed by atoms with van der Waals surface area (Å²) in [6.07, 6.45) is 4.50. The maximum Gasteiger partial charge on any atom is 0.418 e. The molecule has 37 heavy (non-hydrogen) atoms. The second-order valence-corrected chi connectivity index (χ2v) is 10.3. The summed E-state index contributed by atoms with van der Waals surface area (Å²) in [5.41, 5.74) is 1.94. The molecule has 1 fully saturated rings. The van der Waals surface area contributed by atoms with Crippen molar-refractivity contribution in [1.29, 1.82) is 0 Å². The molecule has 4 rings (SSSR count). The normalized spacial score (nSPS) is 13.9. The number of ether oxygens (including phenoxy) is 3. The summed E-state index contributed by atoms with van der Waals surface area (Å²) in [7, 11) is 1.62. The first-order valence-corrected chi connectivity index (χ1v) is 12.9. The highest BCUT2D eigenvalue weighted by molar-refractivity contribution is 5.95. The van der Waals surface area contributed by atoms with Gasteiger partial charge in [0.2, 0.25) is 0 Å². The molecule has 0 aliphatic carbocycles. The number of unbranched alkanes of at least 4 members (excludes halogenated alkanes) is 2. The van der Waals surface area contributed by atoms with E-state index in [0.29, 0.717) is 37.7 Å². The van der Waals surface area contributed by atoms with Crippen LogP contribution in [0.4, 0.5) is 15.3 Å². The fourth-order valence-electron chi connectivity index (χ4n) is 4.49. The number of benzene rings is 2. The highest BCUT2D eigenvalue weighted by atomic mass is 16.6. The van der Waals surface area contributed by atoms with Gasteiger partial charge in [0.05, 0.1) is 19.2 Å². The first kappa shape index (κ1) is 26.4. The van der Waals surface area contributed by atoms with Gasteiger partial charge in [-0.2, -0.15) is 0 Å². The molecular formula is C29H37N3O5. The smallest absolute Gasteiger partial charge is 0.418 e. The van der Waals surface area contributed by atoms with E-state index >= 15 is 0 Å². The molecule has 0 saturated carbocycles. The van der Waals surface area contributed by atoms with Gasteiger partial charge in [-0.05, 0) is 57.0 Å². The third kappa shape index (κ3) is 6.01. The Labute approximate surface area is 218 Å². The number of methoxy groups -OCH3 is 1. The number of carbonyl (C=O) groups excluding carboxylic acids is 2. The van der Waals surface area contributed by atoms with Crippen molar-refractivity contribution in [3.05, 3.63) is 54.2 Å². The van der Waals surface area contributed by atoms with Gasteiger partial charge in [0, 0.05) is 43.0 Å². The predicted octanol–water partition coefficient (Wildman–Crippen LogP) is 6.44. The number of anilines is 1. The van der Waals surface area contributed by atoms with Crippen LogP contribution in [-0.4, -0.2) is 54.0 Å². The fourth-order valence-corrected chi connectivity index (χ4v) is 4.49. The highest BCUT2D eigenvalue weighted by Gasteiger charge is 2.31. The zero-order valence-electron chi connectivity index (χ0n) is 22.5. The second kappa shape index (κ2) is 11.2. The molecule has 0 spiro atoms. The van der Waals surface area contributed by atoms with Crippen LogP contribution in [0.5, 0.6) is 11.5 Å². The number of hydrogen-bond donors (Lipinski definition) is 0. The van der Waals surface area contributed by atoms with E-state index in [4.69, 9.17) is 14.2 Å². The van der Waals surface area contributed by atoms with Crippen LogP contribution >= 0.6 is 0 Å². The monoisotopic (exact) mass is 507 g/mol. The van der Waals surface area contributed by atoms with Crippen LogP contribution in [0.15, 0.2) is 48.7 Å². The third-order valence-electron chi connectivity index (χ3n) is 6.33. The van der Waals surface area contributed by atoms with Gasteiger partial charge in [0.15, 0.2) is 11.5 Å². The first-order valence-electron chi connectivity index (χ1n) is 12.9. The van der Waals surface area contributed by atoms with Crippen molar-refractivity contribution in [1.82, 2.24) is 9.47 Å². The summed E-state index contributed by atoms with van der Waals surface area (Å²) in [5, 5.41) is 0.923. The molecule has 8 nitrogen and oxygen atoms in total. The molecule has 8 heteroatoms. The number of hydrogen-bond acceptors (Lipinski definition) is 5. The molecular weight excluding hydrogens is 470 g/mol. The average Bonchev–Trinajstić information content (AvgIpc) is 3.45. The van der Waals surface area contributed by atoms with E-state index in [1.807, 2.05) is 68.1 Å². The summed E-state index contributed by atoms with van der Waals surface area (Å²) in [6, 6.07) is 13.2. The lowest BCUT2D eigenvalue weighted by atomic mass is 10.1. The lowest BCUT2D eigenvalue weighted by molar-refractivity contribution is 0.0544. The highest BCUT2D eigenvalue weighted by Crippen LogP contribution is 2.34. The number of aromatic nitrogens is 1. The van der Waals surface area contributed by atoms with Gasteiger partial charge in [0.1, 0.15) is 5.60 Å². The van der Waals surface area contributed by atoms with Crippen molar-refractivity contribution in [2.24, 2.45) is 0 Å². The van der Waals surface area contributed by atoms with Gasteiger partial charge in [-0.15, -0.1) is 0 Å². The standard InChI is InChI=1S/C29H37N3O5/c1-6-7-8-18-36-26-19-22(12-13-25(26)35-5)31-17-16-30(27(31)33)20-21-10-9-11-24-23(21)14-15-32(24)28(34)37-29(2,3)4/h9-15,19H,6-8,16-18,20H2,1-5H3. The van der Waals surface area contributed by atoms with E-state index < -0.39 is 11.7 Å². The van der Waals surface area contributed by atoms with Crippen LogP contribution in [0.1, 0.15) is 52.5 Å². The van der Waals surface area contributed by atoms with Crippen molar-refractivity contribution < 1.29 is 23.8 Å². The zero-order chi connectivity index (χ0) is 26.6. The molecule has 0 atom stereocenters. The average molecular weight is 508 g/mol. The van der Waals surface area contributed by atoms with E-state index in [0.717, 1.165) is 41.4 Å². The van der Waals surface area contributed by atoms with Crippen LogP contribution < -0.4 is 14.4 Å². The zero-order valence-corrected chi connectivity index (χ0v) is 22.5. The lowest BCUT2D eigenvalue weighted by Gasteiger charge is -2.21. The van der Waals surface area contributed by atoms with E-state index in [9.17, 15) is 9.59 Å². The molecule has 0 bridgehead atoms. The molecule has 1 saturated heterocycles. The minimum Gasteiger partial charge on any atom is -0.493 e. The van der Waals surface area contributed by atoms with Crippen LogP contribution in [0.25, 0.3) is 10.9 Å². The quantitative estimate of drug-likeness (QED) is 0.312. The largest absolute Gasteiger partial charge is 0.493 e. The Morgan fingerprint density at radius 3 is 2.57 bits per heavy atom. The summed E-state index contributed by atoms with van der Waals surface area (Å²) in [6.45, 7) is 9.92. The van der Waals surface area contributed by atoms with Gasteiger partial charge in [-0.1, -0.05) is 31.9 Å². The second-order valence-electron chi connectivity index (χ2n) is 10.3. The molecule has 2 amide bonds. The first-order chi connectivity index (χ1) is 17.7. The van der Waals surface area contributed by atoms with E-state index in [2.05, 4.69) is 6.92 Å². The topological polar surface area (TPSA) is 73.2 Å². The molecule has 0 unspecified atom stereocenters. The summed E-state index contributed by atoms with van der Waals surface area (Å²) in [4.78, 5) is 29.6. The minimum atomic E-state index is -0.585. The number of nitrogens with zero attached hydrogens (tertiary/aromatic N) is 3. The van der Waals surface area contributed by atoms with Gasteiger partial charge in [-0.25, -0.2) is 9.59 Å². The van der Waals surface area contributed by atoms with Gasteiger partial charge in [-0.3, -0.25) is 9.47 Å². The SMILES string of the molecule is CCCCCOc1cc(N2CCN(Cc3cccc4c3ccn4C(=O)OC(C)(C)C)C2=O)ccc1OC. The number of fused-ring (bicyclic) bond motifs is 1. The van der Waals surface area contributed by atoms with Crippen LogP contribution in [0.2, 0.25) is 0 Å². The van der Waals surface area contributed by atoms with Crippen molar-refractivity contribution in [2.45, 2.75) is 59.1 Å². The van der Waals surface area contributed by atoms with Crippen molar-refractivity contribution in [2.75, 3.05) is 31.7 Å². The number of carbonyl (C=O) groups is 2. The molecule has 3 aromatic rings. The lowest BCUT2D eigenvalue weighted by Crippen LogP contribution is -2.31. The van der Waals surface area contributed by atoms with E-state index in [1.54, 1.807) is 18.2 Å². The Hall–Kier alpha value is -3.68. The van der Waals surface area contributed by atoms with Gasteiger partial charge >= 0.3 is 12.1 Å². The Kier molecular flexibility index (Phi) is 7.95. The van der Waals surface area contributed by atoms with Crippen LogP contribution in [0.3, 0.4) is 0 Å². The molecule has 198 valence electrons. The van der Waals surface area contributed by atoms with Crippen molar-refractivity contribution >= 4 is 28.7 Å². The van der Waals surface area contributed by atoms with Crippen LogP contribution in [-0.2, 0) is 11.3 Å². The summed E-state index contributed by atoms with van der Waals surface area (Å²) in [5.74, 6) is 1.31. The fraction of sp³-hybridized carbons (Fsp3) is 0.448. The van der Waals surface area contributed by atoms with Crippen LogP contribution in [0, 0.1) is 0 Å². The van der Waals surface area contributed by atoms with Gasteiger partial charge < -0.3 is 19.1 Å². The molecule has 1 aliphatic heterocycles. The summed E-state index contributed by atoms with van der Waals surface area (Å²) < 4.78 is 18.5. The number of urea groups is 1. The molecule has 2 aromatic carbocycles. The van der Waals surface area contributed by atoms with E-state index in [1.165, 1.54) is 4.57 Å². The van der Waals surface area contributed by atoms with Gasteiger partial charge in [0.25, 0.3) is 0 Å². The minimum absolute atomic E-state index is 0.0642. The Bertz CT molecular complexity index is 1260. The Morgan fingerprint density at radius 1 is 1.03 bits per heavy atom. The maximum absolute atomic E-state index is 13.4. The molecule has 2 heterocycles. The maximum atomic E-state index is 13.4. The number of rotatable bonds is 9. The molecule has 0 radical (unpaired) electrons. The Morgan fingerprint density at radius 2 is 1.84 bits per heavy atom. The van der Waals surface area contributed by atoms with E-state index in [-0.39, 0.29) is 6.03 Å². The van der Waals surface area contributed by atoms with Crippen molar-refractivity contribution in [3.8, 4) is 11.5 Å².